The highest BCUT2D eigenvalue weighted by atomic mass is 35.5. The van der Waals surface area contributed by atoms with Crippen LogP contribution >= 0.6 is 11.6 Å². The first kappa shape index (κ1) is 22.2. The fourth-order valence-electron chi connectivity index (χ4n) is 3.87. The van der Waals surface area contributed by atoms with E-state index in [1.807, 2.05) is 24.3 Å². The molecule has 1 saturated heterocycles. The van der Waals surface area contributed by atoms with Crippen molar-refractivity contribution in [3.8, 4) is 11.5 Å². The standard InChI is InChI=1S/C16H18ClNO2.C8H10O2/c1-18-9-8-11-4-7-14(10-15(11)18)20-16(19)12-2-5-13(17)6-3-12;1-9-7-5-3-4-6-8(7)10-2/h2-3,5-6,10-11,15H,4,7-9H2,1H3;3-6H,1-2H3/t11?,15-;/m0./s1. The summed E-state index contributed by atoms with van der Waals surface area (Å²) in [5.74, 6) is 2.76. The lowest BCUT2D eigenvalue weighted by Crippen LogP contribution is -2.30. The highest BCUT2D eigenvalue weighted by Gasteiger charge is 2.34. The van der Waals surface area contributed by atoms with E-state index in [1.165, 1.54) is 6.42 Å². The van der Waals surface area contributed by atoms with Crippen molar-refractivity contribution in [2.75, 3.05) is 27.8 Å². The first-order valence-electron chi connectivity index (χ1n) is 10.1. The Kier molecular flexibility index (Phi) is 7.77. The average Bonchev–Trinajstić information content (AvgIpc) is 3.14. The van der Waals surface area contributed by atoms with Gasteiger partial charge in [-0.25, -0.2) is 4.79 Å². The molecule has 1 fully saturated rings. The van der Waals surface area contributed by atoms with Gasteiger partial charge < -0.3 is 14.2 Å². The Morgan fingerprint density at radius 1 is 1.00 bits per heavy atom. The topological polar surface area (TPSA) is 48.0 Å². The molecule has 0 bridgehead atoms. The molecular formula is C24H28ClNO4. The van der Waals surface area contributed by atoms with Gasteiger partial charge in [0.05, 0.1) is 19.8 Å². The lowest BCUT2D eigenvalue weighted by molar-refractivity contribution is 0.0598. The van der Waals surface area contributed by atoms with Crippen LogP contribution in [0, 0.1) is 5.92 Å². The van der Waals surface area contributed by atoms with Crippen LogP contribution in [-0.4, -0.2) is 44.7 Å². The smallest absolute Gasteiger partial charge is 0.343 e. The van der Waals surface area contributed by atoms with Crippen LogP contribution in [0.25, 0.3) is 0 Å². The number of benzene rings is 2. The second-order valence-corrected chi connectivity index (χ2v) is 7.88. The summed E-state index contributed by atoms with van der Waals surface area (Å²) in [6, 6.07) is 14.7. The van der Waals surface area contributed by atoms with E-state index >= 15 is 0 Å². The molecule has 0 aromatic heterocycles. The van der Waals surface area contributed by atoms with Gasteiger partial charge >= 0.3 is 5.97 Å². The number of methoxy groups -OCH3 is 2. The molecule has 1 aliphatic heterocycles. The van der Waals surface area contributed by atoms with Gasteiger partial charge in [0.1, 0.15) is 5.76 Å². The Labute approximate surface area is 183 Å². The SMILES string of the molecule is CN1CCC2CCC(OC(=O)c3ccc(Cl)cc3)=C[C@@H]21.COc1ccccc1OC. The molecule has 6 heteroatoms. The summed E-state index contributed by atoms with van der Waals surface area (Å²) in [7, 11) is 5.38. The highest BCUT2D eigenvalue weighted by molar-refractivity contribution is 6.30. The van der Waals surface area contributed by atoms with E-state index in [0.717, 1.165) is 42.6 Å². The van der Waals surface area contributed by atoms with Crippen molar-refractivity contribution in [1.29, 1.82) is 0 Å². The molecular weight excluding hydrogens is 402 g/mol. The molecule has 0 amide bonds. The number of likely N-dealkylation sites (N-methyl/N-ethyl adjacent to an activating group) is 1. The van der Waals surface area contributed by atoms with Crippen LogP contribution in [0.15, 0.2) is 60.4 Å². The van der Waals surface area contributed by atoms with E-state index in [9.17, 15) is 4.79 Å². The van der Waals surface area contributed by atoms with Crippen molar-refractivity contribution in [3.05, 3.63) is 71.0 Å². The van der Waals surface area contributed by atoms with Crippen molar-refractivity contribution >= 4 is 17.6 Å². The summed E-state index contributed by atoms with van der Waals surface area (Å²) in [5.41, 5.74) is 0.539. The molecule has 0 saturated carbocycles. The van der Waals surface area contributed by atoms with Crippen LogP contribution in [0.5, 0.6) is 11.5 Å². The molecule has 2 aliphatic rings. The average molecular weight is 430 g/mol. The van der Waals surface area contributed by atoms with E-state index < -0.39 is 0 Å². The van der Waals surface area contributed by atoms with Crippen LogP contribution < -0.4 is 9.47 Å². The van der Waals surface area contributed by atoms with Crippen molar-refractivity contribution in [2.24, 2.45) is 5.92 Å². The van der Waals surface area contributed by atoms with Crippen LogP contribution in [0.4, 0.5) is 0 Å². The zero-order chi connectivity index (χ0) is 21.5. The molecule has 0 radical (unpaired) electrons. The molecule has 2 aromatic rings. The van der Waals surface area contributed by atoms with Crippen LogP contribution in [0.3, 0.4) is 0 Å². The first-order chi connectivity index (χ1) is 14.5. The summed E-state index contributed by atoms with van der Waals surface area (Å²) < 4.78 is 15.5. The van der Waals surface area contributed by atoms with Gasteiger partial charge in [0.2, 0.25) is 0 Å². The number of rotatable bonds is 4. The minimum atomic E-state index is -0.299. The van der Waals surface area contributed by atoms with E-state index in [-0.39, 0.29) is 5.97 Å². The van der Waals surface area contributed by atoms with Gasteiger partial charge in [0, 0.05) is 17.5 Å². The molecule has 0 N–H and O–H groups in total. The van der Waals surface area contributed by atoms with Gasteiger partial charge in [-0.1, -0.05) is 23.7 Å². The largest absolute Gasteiger partial charge is 0.493 e. The number of para-hydroxylation sites is 2. The van der Waals surface area contributed by atoms with E-state index in [2.05, 4.69) is 18.0 Å². The maximum Gasteiger partial charge on any atom is 0.343 e. The van der Waals surface area contributed by atoms with E-state index in [0.29, 0.717) is 16.6 Å². The fraction of sp³-hybridized carbons (Fsp3) is 0.375. The molecule has 2 aromatic carbocycles. The molecule has 160 valence electrons. The number of ether oxygens (including phenoxy) is 3. The lowest BCUT2D eigenvalue weighted by Gasteiger charge is -2.27. The number of likely N-dealkylation sites (tertiary alicyclic amines) is 1. The second-order valence-electron chi connectivity index (χ2n) is 7.44. The number of nitrogens with zero attached hydrogens (tertiary/aromatic N) is 1. The number of hydrogen-bond acceptors (Lipinski definition) is 5. The summed E-state index contributed by atoms with van der Waals surface area (Å²) in [4.78, 5) is 14.4. The highest BCUT2D eigenvalue weighted by Crippen LogP contribution is 2.34. The molecule has 0 spiro atoms. The van der Waals surface area contributed by atoms with Crippen LogP contribution in [0.2, 0.25) is 5.02 Å². The minimum Gasteiger partial charge on any atom is -0.493 e. The first-order valence-corrected chi connectivity index (χ1v) is 10.4. The lowest BCUT2D eigenvalue weighted by atomic mass is 9.89. The number of hydrogen-bond donors (Lipinski definition) is 0. The summed E-state index contributed by atoms with van der Waals surface area (Å²) >= 11 is 5.82. The van der Waals surface area contributed by atoms with Gasteiger partial charge in [0.25, 0.3) is 0 Å². The molecule has 2 atom stereocenters. The molecule has 4 rings (SSSR count). The van der Waals surface area contributed by atoms with Crippen LogP contribution in [0.1, 0.15) is 29.6 Å². The summed E-state index contributed by atoms with van der Waals surface area (Å²) in [5, 5.41) is 0.619. The number of esters is 1. The normalized spacial score (nSPS) is 20.3. The maximum atomic E-state index is 12.1. The predicted octanol–water partition coefficient (Wildman–Crippen LogP) is 5.20. The minimum absolute atomic E-state index is 0.299. The van der Waals surface area contributed by atoms with Crippen molar-refractivity contribution in [3.63, 3.8) is 0 Å². The maximum absolute atomic E-state index is 12.1. The van der Waals surface area contributed by atoms with Gasteiger partial charge in [-0.3, -0.25) is 4.90 Å². The number of allylic oxidation sites excluding steroid dienone is 1. The quantitative estimate of drug-likeness (QED) is 0.625. The Morgan fingerprint density at radius 2 is 1.63 bits per heavy atom. The Morgan fingerprint density at radius 3 is 2.23 bits per heavy atom. The number of fused-ring (bicyclic) bond motifs is 1. The molecule has 5 nitrogen and oxygen atoms in total. The van der Waals surface area contributed by atoms with Crippen molar-refractivity contribution in [2.45, 2.75) is 25.3 Å². The van der Waals surface area contributed by atoms with Crippen LogP contribution in [-0.2, 0) is 4.74 Å². The summed E-state index contributed by atoms with van der Waals surface area (Å²) in [6.45, 7) is 1.13. The zero-order valence-corrected chi connectivity index (χ0v) is 18.4. The van der Waals surface area contributed by atoms with Gasteiger partial charge in [-0.05, 0) is 74.8 Å². The Balaban J connectivity index is 0.000000216. The third-order valence-corrected chi connectivity index (χ3v) is 5.81. The number of carbonyl (C=O) groups is 1. The van der Waals surface area contributed by atoms with Crippen molar-refractivity contribution < 1.29 is 19.0 Å². The molecule has 30 heavy (non-hydrogen) atoms. The van der Waals surface area contributed by atoms with Gasteiger partial charge in [-0.15, -0.1) is 0 Å². The molecule has 1 aliphatic carbocycles. The molecule has 1 unspecified atom stereocenters. The Hall–Kier alpha value is -2.50. The molecule has 1 heterocycles. The van der Waals surface area contributed by atoms with Crippen molar-refractivity contribution in [1.82, 2.24) is 4.90 Å². The third-order valence-electron chi connectivity index (χ3n) is 5.56. The predicted molar refractivity (Wildman–Crippen MR) is 118 cm³/mol. The number of halogens is 1. The number of carbonyl (C=O) groups excluding carboxylic acids is 1. The Bertz CT molecular complexity index is 858. The fourth-order valence-corrected chi connectivity index (χ4v) is 3.99. The van der Waals surface area contributed by atoms with Gasteiger partial charge in [-0.2, -0.15) is 0 Å². The van der Waals surface area contributed by atoms with E-state index in [1.54, 1.807) is 38.5 Å². The zero-order valence-electron chi connectivity index (χ0n) is 17.6. The monoisotopic (exact) mass is 429 g/mol. The second kappa shape index (κ2) is 10.5. The van der Waals surface area contributed by atoms with E-state index in [4.69, 9.17) is 25.8 Å². The van der Waals surface area contributed by atoms with Gasteiger partial charge in [0.15, 0.2) is 11.5 Å². The summed E-state index contributed by atoms with van der Waals surface area (Å²) in [6.07, 6.45) is 5.33. The third kappa shape index (κ3) is 5.55.